The third-order valence-electron chi connectivity index (χ3n) is 4.69. The molecule has 6 nitrogen and oxygen atoms in total. The lowest BCUT2D eigenvalue weighted by atomic mass is 9.54. The average Bonchev–Trinajstić information content (AvgIpc) is 2.43. The Labute approximate surface area is 157 Å². The molecule has 0 bridgehead atoms. The van der Waals surface area contributed by atoms with Crippen molar-refractivity contribution in [3.63, 3.8) is 0 Å². The van der Waals surface area contributed by atoms with Crippen molar-refractivity contribution in [2.24, 2.45) is 16.2 Å². The van der Waals surface area contributed by atoms with Crippen LogP contribution in [0.2, 0.25) is 0 Å². The van der Waals surface area contributed by atoms with Crippen LogP contribution < -0.4 is 0 Å². The van der Waals surface area contributed by atoms with E-state index in [0.717, 1.165) is 19.3 Å². The zero-order valence-electron chi connectivity index (χ0n) is 17.4. The summed E-state index contributed by atoms with van der Waals surface area (Å²) in [6, 6.07) is 0. The van der Waals surface area contributed by atoms with Crippen LogP contribution in [0.1, 0.15) is 80.6 Å². The second kappa shape index (κ2) is 9.93. The summed E-state index contributed by atoms with van der Waals surface area (Å²) in [5.74, 6) is -2.03. The number of rotatable bonds is 10. The molecule has 0 fully saturated rings. The van der Waals surface area contributed by atoms with E-state index in [0.29, 0.717) is 19.4 Å². The van der Waals surface area contributed by atoms with Gasteiger partial charge in [0.2, 0.25) is 0 Å². The van der Waals surface area contributed by atoms with E-state index in [1.807, 2.05) is 0 Å². The van der Waals surface area contributed by atoms with Gasteiger partial charge in [-0.15, -0.1) is 0 Å². The molecule has 152 valence electrons. The topological polar surface area (TPSA) is 89.9 Å². The number of carbonyl (C=O) groups excluding carboxylic acids is 2. The Kier molecular flexibility index (Phi) is 9.32. The Bertz CT molecular complexity index is 468. The highest BCUT2D eigenvalue weighted by molar-refractivity contribution is 6.01. The fourth-order valence-electron chi connectivity index (χ4n) is 3.70. The summed E-state index contributed by atoms with van der Waals surface area (Å²) in [4.78, 5) is 36.1. The zero-order valence-corrected chi connectivity index (χ0v) is 17.4. The minimum absolute atomic E-state index is 0.180. The summed E-state index contributed by atoms with van der Waals surface area (Å²) in [5.41, 5.74) is -3.23. The van der Waals surface area contributed by atoms with E-state index in [9.17, 15) is 19.5 Å². The Hall–Kier alpha value is -1.59. The van der Waals surface area contributed by atoms with Gasteiger partial charge in [0.15, 0.2) is 5.41 Å². The van der Waals surface area contributed by atoms with Crippen molar-refractivity contribution in [2.45, 2.75) is 80.6 Å². The second-order valence-electron chi connectivity index (χ2n) is 8.66. The second-order valence-corrected chi connectivity index (χ2v) is 8.66. The maximum absolute atomic E-state index is 12.8. The minimum atomic E-state index is -1.64. The number of esters is 2. The van der Waals surface area contributed by atoms with Crippen molar-refractivity contribution >= 4 is 17.9 Å². The van der Waals surface area contributed by atoms with Crippen molar-refractivity contribution in [1.82, 2.24) is 0 Å². The van der Waals surface area contributed by atoms with Gasteiger partial charge >= 0.3 is 17.9 Å². The van der Waals surface area contributed by atoms with Gasteiger partial charge in [-0.05, 0) is 30.6 Å². The van der Waals surface area contributed by atoms with Crippen LogP contribution >= 0.6 is 0 Å². The Balaban J connectivity index is 4.63. The van der Waals surface area contributed by atoms with Crippen molar-refractivity contribution in [3.8, 4) is 0 Å². The van der Waals surface area contributed by atoms with Gasteiger partial charge in [0.25, 0.3) is 0 Å². The smallest absolute Gasteiger partial charge is 0.324 e. The number of ether oxygens (including phenoxy) is 2. The maximum atomic E-state index is 12.8. The molecule has 0 radical (unpaired) electrons. The third-order valence-corrected chi connectivity index (χ3v) is 4.69. The molecule has 0 rings (SSSR count). The molecule has 1 N–H and O–H groups in total. The summed E-state index contributed by atoms with van der Waals surface area (Å²) in [6.45, 7) is 12.9. The summed E-state index contributed by atoms with van der Waals surface area (Å²) >= 11 is 0. The van der Waals surface area contributed by atoms with Crippen molar-refractivity contribution in [1.29, 1.82) is 0 Å². The van der Waals surface area contributed by atoms with Crippen LogP contribution in [0, 0.1) is 16.2 Å². The average molecular weight is 373 g/mol. The first kappa shape index (κ1) is 24.4. The monoisotopic (exact) mass is 372 g/mol. The normalized spacial score (nSPS) is 12.6. The molecule has 0 aromatic heterocycles. The Morgan fingerprint density at radius 3 is 1.73 bits per heavy atom. The van der Waals surface area contributed by atoms with Crippen LogP contribution in [-0.2, 0) is 23.9 Å². The van der Waals surface area contributed by atoms with Crippen LogP contribution in [0.5, 0.6) is 0 Å². The van der Waals surface area contributed by atoms with Gasteiger partial charge in [-0.3, -0.25) is 14.4 Å². The molecule has 0 unspecified atom stereocenters. The van der Waals surface area contributed by atoms with Crippen LogP contribution in [0.4, 0.5) is 0 Å². The van der Waals surface area contributed by atoms with E-state index >= 15 is 0 Å². The number of carbonyl (C=O) groups is 3. The predicted molar refractivity (Wildman–Crippen MR) is 99.7 cm³/mol. The van der Waals surface area contributed by atoms with E-state index in [1.54, 1.807) is 48.5 Å². The zero-order chi connectivity index (χ0) is 20.6. The Morgan fingerprint density at radius 2 is 1.31 bits per heavy atom. The van der Waals surface area contributed by atoms with Gasteiger partial charge in [0.1, 0.15) is 0 Å². The number of carboxylic acids is 1. The van der Waals surface area contributed by atoms with Gasteiger partial charge in [-0.25, -0.2) is 0 Å². The molecule has 0 aliphatic heterocycles. The first-order valence-corrected chi connectivity index (χ1v) is 9.38. The number of carboxylic acid groups (broad SMARTS) is 1. The molecule has 6 heteroatoms. The fourth-order valence-corrected chi connectivity index (χ4v) is 3.70. The quantitative estimate of drug-likeness (QED) is 0.351. The molecule has 0 aliphatic carbocycles. The van der Waals surface area contributed by atoms with Crippen molar-refractivity contribution < 1.29 is 29.0 Å². The molecule has 26 heavy (non-hydrogen) atoms. The number of hydrogen-bond donors (Lipinski definition) is 1. The van der Waals surface area contributed by atoms with E-state index < -0.39 is 28.2 Å². The summed E-state index contributed by atoms with van der Waals surface area (Å²) in [5, 5.41) is 9.89. The van der Waals surface area contributed by atoms with Gasteiger partial charge < -0.3 is 14.6 Å². The molecule has 0 aliphatic rings. The first-order valence-electron chi connectivity index (χ1n) is 9.38. The largest absolute Gasteiger partial charge is 0.480 e. The maximum Gasteiger partial charge on any atom is 0.324 e. The molecule has 0 spiro atoms. The van der Waals surface area contributed by atoms with E-state index in [-0.39, 0.29) is 12.6 Å². The molecule has 0 saturated heterocycles. The van der Waals surface area contributed by atoms with Gasteiger partial charge in [0.05, 0.1) is 13.2 Å². The number of unbranched alkanes of at least 4 members (excludes halogenated alkanes) is 3. The van der Waals surface area contributed by atoms with Crippen LogP contribution in [-0.4, -0.2) is 36.2 Å². The molecule has 0 saturated carbocycles. The Morgan fingerprint density at radius 1 is 0.808 bits per heavy atom. The fraction of sp³-hybridized carbons (Fsp3) is 0.850. The molecule has 0 aromatic rings. The molecular formula is C20H36O6. The van der Waals surface area contributed by atoms with E-state index in [2.05, 4.69) is 0 Å². The van der Waals surface area contributed by atoms with Gasteiger partial charge in [0, 0.05) is 6.42 Å². The standard InChI is InChI=1S/C20H36O6/c1-8-25-15(21)13-11-9-10-12-14-26-17(24)20(16(22)23,18(2,3)4)19(5,6)7/h8-14H2,1-7H3,(H,22,23). The molecule has 0 atom stereocenters. The van der Waals surface area contributed by atoms with Crippen LogP contribution in [0.3, 0.4) is 0 Å². The van der Waals surface area contributed by atoms with Crippen LogP contribution in [0.15, 0.2) is 0 Å². The highest BCUT2D eigenvalue weighted by Gasteiger charge is 2.63. The SMILES string of the molecule is CCOC(=O)CCCCCCOC(=O)C(C(=O)O)(C(C)(C)C)C(C)(C)C. The first-order chi connectivity index (χ1) is 11.8. The number of aliphatic carboxylic acids is 1. The number of hydrogen-bond acceptors (Lipinski definition) is 5. The van der Waals surface area contributed by atoms with E-state index in [1.165, 1.54) is 0 Å². The lowest BCUT2D eigenvalue weighted by Crippen LogP contribution is -2.58. The van der Waals surface area contributed by atoms with Crippen molar-refractivity contribution in [2.75, 3.05) is 13.2 Å². The lowest BCUT2D eigenvalue weighted by Gasteiger charge is -2.47. The minimum Gasteiger partial charge on any atom is -0.480 e. The molecule has 0 aromatic carbocycles. The van der Waals surface area contributed by atoms with E-state index in [4.69, 9.17) is 9.47 Å². The predicted octanol–water partition coefficient (Wildman–Crippen LogP) is 4.21. The summed E-state index contributed by atoms with van der Waals surface area (Å²) < 4.78 is 10.2. The van der Waals surface area contributed by atoms with Gasteiger partial charge in [-0.2, -0.15) is 0 Å². The van der Waals surface area contributed by atoms with Gasteiger partial charge in [-0.1, -0.05) is 54.4 Å². The third kappa shape index (κ3) is 5.99. The molecule has 0 amide bonds. The molecular weight excluding hydrogens is 336 g/mol. The highest BCUT2D eigenvalue weighted by Crippen LogP contribution is 2.52. The molecule has 0 heterocycles. The summed E-state index contributed by atoms with van der Waals surface area (Å²) in [7, 11) is 0. The lowest BCUT2D eigenvalue weighted by molar-refractivity contribution is -0.190. The van der Waals surface area contributed by atoms with Crippen LogP contribution in [0.25, 0.3) is 0 Å². The highest BCUT2D eigenvalue weighted by atomic mass is 16.5. The summed E-state index contributed by atoms with van der Waals surface area (Å²) in [6.07, 6.45) is 3.40. The van der Waals surface area contributed by atoms with Crippen molar-refractivity contribution in [3.05, 3.63) is 0 Å².